The molecule has 2 aliphatic rings. The maximum atomic E-state index is 13.1. The quantitative estimate of drug-likeness (QED) is 0.443. The zero-order valence-electron chi connectivity index (χ0n) is 18.5. The molecule has 0 saturated carbocycles. The molecule has 1 aliphatic carbocycles. The number of amides is 3. The average molecular weight is 464 g/mol. The lowest BCUT2D eigenvalue weighted by Gasteiger charge is -2.21. The molecule has 1 saturated heterocycles. The summed E-state index contributed by atoms with van der Waals surface area (Å²) in [6, 6.07) is 4.36. The molecule has 2 atom stereocenters. The van der Waals surface area contributed by atoms with Crippen molar-refractivity contribution in [3.63, 3.8) is 0 Å². The van der Waals surface area contributed by atoms with Crippen LogP contribution in [-0.2, 0) is 24.4 Å². The van der Waals surface area contributed by atoms with Crippen LogP contribution in [-0.4, -0.2) is 61.6 Å². The van der Waals surface area contributed by atoms with Crippen molar-refractivity contribution in [2.75, 3.05) is 31.6 Å². The molecule has 3 rings (SSSR count). The van der Waals surface area contributed by atoms with Crippen molar-refractivity contribution in [1.82, 2.24) is 9.21 Å². The maximum absolute atomic E-state index is 13.1. The Hall–Kier alpha value is -2.72. The van der Waals surface area contributed by atoms with Gasteiger partial charge in [-0.1, -0.05) is 26.0 Å². The van der Waals surface area contributed by atoms with Crippen molar-refractivity contribution in [3.05, 3.63) is 30.4 Å². The number of carbonyl (C=O) groups excluding carboxylic acids is 3. The second-order valence-electron chi connectivity index (χ2n) is 7.65. The maximum Gasteiger partial charge on any atom is 0.246 e. The first-order valence-corrected chi connectivity index (χ1v) is 12.3. The van der Waals surface area contributed by atoms with Gasteiger partial charge in [0.05, 0.1) is 18.4 Å². The smallest absolute Gasteiger partial charge is 0.246 e. The number of carbonyl (C=O) groups is 3. The Morgan fingerprint density at radius 2 is 1.69 bits per heavy atom. The number of fused-ring (bicyclic) bond motifs is 1. The highest BCUT2D eigenvalue weighted by Crippen LogP contribution is 2.35. The van der Waals surface area contributed by atoms with Gasteiger partial charge in [-0.05, 0) is 38.0 Å². The molecule has 0 radical (unpaired) electrons. The number of nitrogens with one attached hydrogen (secondary N) is 1. The van der Waals surface area contributed by atoms with E-state index >= 15 is 0 Å². The first kappa shape index (κ1) is 23.9. The molecule has 2 unspecified atom stereocenters. The number of ether oxygens (including phenoxy) is 1. The predicted molar refractivity (Wildman–Crippen MR) is 118 cm³/mol. The van der Waals surface area contributed by atoms with Crippen molar-refractivity contribution >= 4 is 33.4 Å². The van der Waals surface area contributed by atoms with Gasteiger partial charge < -0.3 is 10.1 Å². The normalized spacial score (nSPS) is 20.6. The third-order valence-electron chi connectivity index (χ3n) is 5.75. The fraction of sp³-hybridized carbons (Fsp3) is 0.500. The monoisotopic (exact) mass is 463 g/mol. The zero-order chi connectivity index (χ0) is 23.5. The lowest BCUT2D eigenvalue weighted by molar-refractivity contribution is -0.142. The fourth-order valence-electron chi connectivity index (χ4n) is 4.13. The molecule has 174 valence electrons. The summed E-state index contributed by atoms with van der Waals surface area (Å²) >= 11 is 0. The van der Waals surface area contributed by atoms with Crippen LogP contribution in [0, 0.1) is 11.8 Å². The molecule has 1 aromatic carbocycles. The van der Waals surface area contributed by atoms with E-state index in [1.165, 1.54) is 22.5 Å². The highest BCUT2D eigenvalue weighted by Gasteiger charge is 2.47. The third kappa shape index (κ3) is 4.56. The predicted octanol–water partition coefficient (Wildman–Crippen LogP) is 2.01. The summed E-state index contributed by atoms with van der Waals surface area (Å²) < 4.78 is 32.9. The van der Waals surface area contributed by atoms with E-state index in [2.05, 4.69) is 5.32 Å². The SMILES string of the molecule is CCOc1ccc(NC(=O)CN2C(=O)C3CC=CCC3C2=O)cc1S(=O)(=O)N(CC)CC. The number of allylic oxidation sites excluding steroid dienone is 2. The Labute approximate surface area is 188 Å². The Kier molecular flexibility index (Phi) is 7.35. The van der Waals surface area contributed by atoms with Crippen molar-refractivity contribution in [1.29, 1.82) is 0 Å². The van der Waals surface area contributed by atoms with E-state index in [1.807, 2.05) is 12.2 Å². The van der Waals surface area contributed by atoms with Gasteiger partial charge in [-0.15, -0.1) is 0 Å². The number of benzene rings is 1. The summed E-state index contributed by atoms with van der Waals surface area (Å²) in [5.74, 6) is -1.87. The minimum absolute atomic E-state index is 0.0498. The van der Waals surface area contributed by atoms with Gasteiger partial charge in [0, 0.05) is 18.8 Å². The van der Waals surface area contributed by atoms with E-state index in [9.17, 15) is 22.8 Å². The Bertz CT molecular complexity index is 1010. The first-order chi connectivity index (χ1) is 15.2. The number of rotatable bonds is 9. The Balaban J connectivity index is 1.79. The second kappa shape index (κ2) is 9.83. The van der Waals surface area contributed by atoms with Gasteiger partial charge in [-0.25, -0.2) is 8.42 Å². The number of hydrogen-bond donors (Lipinski definition) is 1. The van der Waals surface area contributed by atoms with Crippen LogP contribution < -0.4 is 10.1 Å². The number of sulfonamides is 1. The third-order valence-corrected chi connectivity index (χ3v) is 7.82. The lowest BCUT2D eigenvalue weighted by Crippen LogP contribution is -2.38. The molecule has 0 aromatic heterocycles. The largest absolute Gasteiger partial charge is 0.492 e. The minimum Gasteiger partial charge on any atom is -0.492 e. The van der Waals surface area contributed by atoms with E-state index in [0.29, 0.717) is 12.8 Å². The summed E-state index contributed by atoms with van der Waals surface area (Å²) in [4.78, 5) is 38.7. The number of hydrogen-bond acceptors (Lipinski definition) is 6. The van der Waals surface area contributed by atoms with E-state index in [4.69, 9.17) is 4.74 Å². The Morgan fingerprint density at radius 3 is 2.22 bits per heavy atom. The summed E-state index contributed by atoms with van der Waals surface area (Å²) in [7, 11) is -3.84. The molecule has 1 fully saturated rings. The van der Waals surface area contributed by atoms with Crippen molar-refractivity contribution in [2.24, 2.45) is 11.8 Å². The van der Waals surface area contributed by atoms with Crippen LogP contribution >= 0.6 is 0 Å². The van der Waals surface area contributed by atoms with Gasteiger partial charge in [0.15, 0.2) is 0 Å². The van der Waals surface area contributed by atoms with E-state index < -0.39 is 34.3 Å². The summed E-state index contributed by atoms with van der Waals surface area (Å²) in [6.07, 6.45) is 4.76. The van der Waals surface area contributed by atoms with E-state index in [-0.39, 0.29) is 47.8 Å². The van der Waals surface area contributed by atoms with E-state index in [1.54, 1.807) is 20.8 Å². The molecule has 1 heterocycles. The highest BCUT2D eigenvalue weighted by molar-refractivity contribution is 7.89. The molecule has 10 heteroatoms. The fourth-order valence-corrected chi connectivity index (χ4v) is 5.75. The van der Waals surface area contributed by atoms with Crippen LogP contribution in [0.25, 0.3) is 0 Å². The number of anilines is 1. The molecule has 0 bridgehead atoms. The molecule has 1 N–H and O–H groups in total. The van der Waals surface area contributed by atoms with Gasteiger partial charge in [-0.3, -0.25) is 19.3 Å². The van der Waals surface area contributed by atoms with Crippen LogP contribution in [0.2, 0.25) is 0 Å². The van der Waals surface area contributed by atoms with Crippen LogP contribution in [0.5, 0.6) is 5.75 Å². The summed E-state index contributed by atoms with van der Waals surface area (Å²) in [5, 5.41) is 2.61. The van der Waals surface area contributed by atoms with Gasteiger partial charge in [0.25, 0.3) is 0 Å². The molecule has 0 spiro atoms. The van der Waals surface area contributed by atoms with Crippen LogP contribution in [0.3, 0.4) is 0 Å². The highest BCUT2D eigenvalue weighted by atomic mass is 32.2. The standard InChI is InChI=1S/C22H29N3O6S/c1-4-24(5-2)32(29,30)19-13-15(11-12-18(19)31-6-3)23-20(26)14-25-21(27)16-9-7-8-10-17(16)22(25)28/h7-8,11-13,16-17H,4-6,9-10,14H2,1-3H3,(H,23,26). The molecular formula is C22H29N3O6S. The van der Waals surface area contributed by atoms with E-state index in [0.717, 1.165) is 4.90 Å². The molecule has 1 aromatic rings. The van der Waals surface area contributed by atoms with Gasteiger partial charge in [0.1, 0.15) is 17.2 Å². The van der Waals surface area contributed by atoms with Crippen molar-refractivity contribution in [3.8, 4) is 5.75 Å². The van der Waals surface area contributed by atoms with Crippen LogP contribution in [0.1, 0.15) is 33.6 Å². The van der Waals surface area contributed by atoms with Crippen LogP contribution in [0.4, 0.5) is 5.69 Å². The van der Waals surface area contributed by atoms with Crippen molar-refractivity contribution < 1.29 is 27.5 Å². The number of likely N-dealkylation sites (tertiary alicyclic amines) is 1. The van der Waals surface area contributed by atoms with Gasteiger partial charge in [0.2, 0.25) is 27.7 Å². The molecule has 9 nitrogen and oxygen atoms in total. The molecule has 1 aliphatic heterocycles. The number of imide groups is 1. The topological polar surface area (TPSA) is 113 Å². The summed E-state index contributed by atoms with van der Waals surface area (Å²) in [5.41, 5.74) is 0.238. The zero-order valence-corrected chi connectivity index (χ0v) is 19.4. The van der Waals surface area contributed by atoms with Gasteiger partial charge >= 0.3 is 0 Å². The second-order valence-corrected chi connectivity index (χ2v) is 9.56. The summed E-state index contributed by atoms with van der Waals surface area (Å²) in [6.45, 7) is 5.68. The number of nitrogens with zero attached hydrogens (tertiary/aromatic N) is 2. The lowest BCUT2D eigenvalue weighted by atomic mass is 9.85. The first-order valence-electron chi connectivity index (χ1n) is 10.8. The average Bonchev–Trinajstić information content (AvgIpc) is 3.00. The van der Waals surface area contributed by atoms with Crippen LogP contribution in [0.15, 0.2) is 35.2 Å². The molecule has 3 amide bonds. The van der Waals surface area contributed by atoms with Crippen molar-refractivity contribution in [2.45, 2.75) is 38.5 Å². The molecular weight excluding hydrogens is 434 g/mol. The van der Waals surface area contributed by atoms with Gasteiger partial charge in [-0.2, -0.15) is 4.31 Å². The minimum atomic E-state index is -3.84. The Morgan fingerprint density at radius 1 is 1.09 bits per heavy atom. The molecule has 32 heavy (non-hydrogen) atoms.